The summed E-state index contributed by atoms with van der Waals surface area (Å²) in [5.74, 6) is 2.15. The third-order valence-corrected chi connectivity index (χ3v) is 15.3. The zero-order chi connectivity index (χ0) is 35.7. The SMILES string of the molecule is BrCCCCCBr.NC1CCC(Nc2ncnc3sc4c(c23)CCC4)CC1.c1nc(NC2CCC(N3CCCCC3)CC2)c2c3c(sc2n1)CCC3. The molecule has 0 atom stereocenters. The van der Waals surface area contributed by atoms with E-state index in [9.17, 15) is 0 Å². The van der Waals surface area contributed by atoms with Crippen molar-refractivity contribution in [2.75, 3.05) is 34.4 Å². The Morgan fingerprint density at radius 3 is 1.62 bits per heavy atom. The fourth-order valence-electron chi connectivity index (χ4n) is 8.96. The summed E-state index contributed by atoms with van der Waals surface area (Å²) in [6.45, 7) is 2.66. The van der Waals surface area contributed by atoms with Gasteiger partial charge in [-0.1, -0.05) is 44.7 Å². The lowest BCUT2D eigenvalue weighted by Gasteiger charge is -2.39. The molecule has 0 aromatic carbocycles. The van der Waals surface area contributed by atoms with Crippen LogP contribution in [0.4, 0.5) is 11.6 Å². The number of hydrogen-bond acceptors (Lipinski definition) is 10. The quantitative estimate of drug-likeness (QED) is 0.113. The van der Waals surface area contributed by atoms with Gasteiger partial charge in [0, 0.05) is 44.6 Å². The average Bonchev–Trinajstić information content (AvgIpc) is 3.97. The molecular formula is C40H58Br2N8S2. The van der Waals surface area contributed by atoms with Crippen molar-refractivity contribution in [2.24, 2.45) is 5.73 Å². The van der Waals surface area contributed by atoms with Gasteiger partial charge in [-0.05, 0) is 140 Å². The highest BCUT2D eigenvalue weighted by Gasteiger charge is 2.29. The highest BCUT2D eigenvalue weighted by Crippen LogP contribution is 2.41. The van der Waals surface area contributed by atoms with Crippen LogP contribution in [-0.2, 0) is 25.7 Å². The van der Waals surface area contributed by atoms with Crippen molar-refractivity contribution in [1.29, 1.82) is 0 Å². The molecule has 4 aromatic heterocycles. The predicted octanol–water partition coefficient (Wildman–Crippen LogP) is 10.2. The molecule has 4 aliphatic carbocycles. The van der Waals surface area contributed by atoms with Crippen molar-refractivity contribution in [3.63, 3.8) is 0 Å². The summed E-state index contributed by atoms with van der Waals surface area (Å²) < 4.78 is 0. The van der Waals surface area contributed by atoms with Crippen LogP contribution in [0.3, 0.4) is 0 Å². The Morgan fingerprint density at radius 2 is 1.12 bits per heavy atom. The molecule has 0 spiro atoms. The van der Waals surface area contributed by atoms with Crippen LogP contribution in [0, 0.1) is 0 Å². The third-order valence-electron chi connectivity index (χ3n) is 11.8. The number of thiophene rings is 2. The summed E-state index contributed by atoms with van der Waals surface area (Å²) in [5, 5.41) is 12.4. The van der Waals surface area contributed by atoms with Gasteiger partial charge in [0.2, 0.25) is 0 Å². The van der Waals surface area contributed by atoms with Crippen LogP contribution in [-0.4, -0.2) is 72.8 Å². The summed E-state index contributed by atoms with van der Waals surface area (Å²) in [7, 11) is 0. The molecular weight excluding hydrogens is 816 g/mol. The first-order valence-electron chi connectivity index (χ1n) is 20.3. The van der Waals surface area contributed by atoms with Crippen molar-refractivity contribution >= 4 is 86.6 Å². The summed E-state index contributed by atoms with van der Waals surface area (Å²) in [6, 6.07) is 2.32. The molecule has 8 nitrogen and oxygen atoms in total. The number of aryl methyl sites for hydroxylation is 4. The van der Waals surface area contributed by atoms with E-state index in [0.717, 1.165) is 58.9 Å². The monoisotopic (exact) mass is 872 g/mol. The van der Waals surface area contributed by atoms with Crippen molar-refractivity contribution in [3.05, 3.63) is 33.5 Å². The van der Waals surface area contributed by atoms with Gasteiger partial charge in [-0.25, -0.2) is 19.9 Å². The van der Waals surface area contributed by atoms with Gasteiger partial charge in [0.25, 0.3) is 0 Å². The van der Waals surface area contributed by atoms with E-state index in [2.05, 4.69) is 67.3 Å². The van der Waals surface area contributed by atoms with Crippen molar-refractivity contribution in [1.82, 2.24) is 24.8 Å². The minimum Gasteiger partial charge on any atom is -0.367 e. The van der Waals surface area contributed by atoms with E-state index in [1.165, 1.54) is 147 Å². The van der Waals surface area contributed by atoms with Gasteiger partial charge in [-0.2, -0.15) is 0 Å². The number of fused-ring (bicyclic) bond motifs is 6. The van der Waals surface area contributed by atoms with Gasteiger partial charge in [0.05, 0.1) is 10.8 Å². The second-order valence-corrected chi connectivity index (χ2v) is 19.2. The van der Waals surface area contributed by atoms with Crippen LogP contribution in [0.2, 0.25) is 0 Å². The van der Waals surface area contributed by atoms with E-state index >= 15 is 0 Å². The fraction of sp³-hybridized carbons (Fsp3) is 0.700. The van der Waals surface area contributed by atoms with Gasteiger partial charge in [0.15, 0.2) is 0 Å². The molecule has 4 aromatic rings. The number of unbranched alkanes of at least 4 members (excludes halogenated alkanes) is 2. The van der Waals surface area contributed by atoms with Crippen molar-refractivity contribution in [2.45, 2.75) is 153 Å². The van der Waals surface area contributed by atoms with E-state index in [-0.39, 0.29) is 0 Å². The highest BCUT2D eigenvalue weighted by atomic mass is 79.9. The maximum absolute atomic E-state index is 5.99. The molecule has 0 bridgehead atoms. The Hall–Kier alpha value is -1.44. The second kappa shape index (κ2) is 19.4. The third kappa shape index (κ3) is 9.67. The smallest absolute Gasteiger partial charge is 0.138 e. The Bertz CT molecular complexity index is 1700. The molecule has 12 heteroatoms. The Labute approximate surface area is 335 Å². The van der Waals surface area contributed by atoms with Crippen LogP contribution in [0.5, 0.6) is 0 Å². The Morgan fingerprint density at radius 1 is 0.615 bits per heavy atom. The number of piperidine rings is 1. The summed E-state index contributed by atoms with van der Waals surface area (Å²) >= 11 is 10.5. The number of alkyl halides is 2. The predicted molar refractivity (Wildman–Crippen MR) is 229 cm³/mol. The topological polar surface area (TPSA) is 105 Å². The Kier molecular flexibility index (Phi) is 14.5. The molecule has 1 aliphatic heterocycles. The van der Waals surface area contributed by atoms with Crippen LogP contribution in [0.1, 0.15) is 124 Å². The Balaban J connectivity index is 0.000000140. The number of halogens is 2. The summed E-state index contributed by atoms with van der Waals surface area (Å²) in [4.78, 5) is 26.3. The minimum atomic E-state index is 0.392. The molecule has 1 saturated heterocycles. The van der Waals surface area contributed by atoms with E-state index in [1.807, 2.05) is 22.7 Å². The van der Waals surface area contributed by atoms with E-state index in [4.69, 9.17) is 5.73 Å². The molecule has 0 radical (unpaired) electrons. The zero-order valence-electron chi connectivity index (χ0n) is 30.8. The average molecular weight is 875 g/mol. The van der Waals surface area contributed by atoms with E-state index in [1.54, 1.807) is 17.5 Å². The first-order chi connectivity index (χ1) is 25.6. The van der Waals surface area contributed by atoms with Crippen molar-refractivity contribution < 1.29 is 0 Å². The summed E-state index contributed by atoms with van der Waals surface area (Å²) in [5.41, 5.74) is 9.02. The number of aromatic nitrogens is 4. The molecule has 3 fully saturated rings. The van der Waals surface area contributed by atoms with Gasteiger partial charge in [-0.3, -0.25) is 0 Å². The molecule has 284 valence electrons. The maximum atomic E-state index is 5.99. The lowest BCUT2D eigenvalue weighted by molar-refractivity contribution is 0.127. The molecule has 2 saturated carbocycles. The van der Waals surface area contributed by atoms with Gasteiger partial charge in [-0.15, -0.1) is 22.7 Å². The van der Waals surface area contributed by atoms with Crippen LogP contribution < -0.4 is 16.4 Å². The molecule has 0 amide bonds. The lowest BCUT2D eigenvalue weighted by atomic mass is 9.89. The molecule has 0 unspecified atom stereocenters. The van der Waals surface area contributed by atoms with Crippen LogP contribution >= 0.6 is 54.5 Å². The molecule has 5 heterocycles. The van der Waals surface area contributed by atoms with Gasteiger partial charge >= 0.3 is 0 Å². The fourth-order valence-corrected chi connectivity index (χ4v) is 12.2. The second-order valence-electron chi connectivity index (χ2n) is 15.5. The largest absolute Gasteiger partial charge is 0.367 e. The number of nitrogens with zero attached hydrogens (tertiary/aromatic N) is 5. The number of likely N-dealkylation sites (tertiary alicyclic amines) is 1. The van der Waals surface area contributed by atoms with Gasteiger partial charge in [0.1, 0.15) is 34.0 Å². The number of rotatable bonds is 9. The maximum Gasteiger partial charge on any atom is 0.138 e. The molecule has 52 heavy (non-hydrogen) atoms. The standard InChI is InChI=1S/C20H28N4S.C15H20N4S.C5H10Br2/c1-2-11-24(12-3-1)15-9-7-14(8-10-15)23-19-18-16-5-4-6-17(16)25-20(18)22-13-21-19;16-9-4-6-10(7-5-9)19-14-13-11-2-1-3-12(11)20-15(13)18-8-17-14;6-4-2-1-3-5-7/h13-15H,1-12H2,(H,21,22,23);8-10H,1-7,16H2,(H,17,18,19);1-5H2. The number of nitrogens with one attached hydrogen (secondary N) is 2. The van der Waals surface area contributed by atoms with Crippen molar-refractivity contribution in [3.8, 4) is 0 Å². The van der Waals surface area contributed by atoms with Crippen LogP contribution in [0.15, 0.2) is 12.7 Å². The lowest BCUT2D eigenvalue weighted by Crippen LogP contribution is -2.43. The number of anilines is 2. The normalized spacial score (nSPS) is 24.4. The highest BCUT2D eigenvalue weighted by molar-refractivity contribution is 9.09. The van der Waals surface area contributed by atoms with Gasteiger partial charge < -0.3 is 21.3 Å². The molecule has 9 rings (SSSR count). The molecule has 4 N–H and O–H groups in total. The minimum absolute atomic E-state index is 0.392. The first kappa shape index (κ1) is 38.8. The summed E-state index contributed by atoms with van der Waals surface area (Å²) in [6.07, 6.45) is 28.8. The zero-order valence-corrected chi connectivity index (χ0v) is 35.6. The number of hydrogen-bond donors (Lipinski definition) is 3. The molecule has 5 aliphatic rings. The number of nitrogens with two attached hydrogens (primary N) is 1. The van der Waals surface area contributed by atoms with E-state index in [0.29, 0.717) is 18.1 Å². The first-order valence-corrected chi connectivity index (χ1v) is 24.1. The van der Waals surface area contributed by atoms with Crippen LogP contribution in [0.25, 0.3) is 20.4 Å². The van der Waals surface area contributed by atoms with E-state index < -0.39 is 0 Å².